The standard InChI is InChI=1S/C16H20BrIO3/c17-14-2-1-12(18)9-13(14)15(19)11-3-6-21-16(10-11)4-7-20-8-5-16/h1-2,9,11,15,19H,3-8,10H2. The summed E-state index contributed by atoms with van der Waals surface area (Å²) in [4.78, 5) is 0. The van der Waals surface area contributed by atoms with Crippen LogP contribution < -0.4 is 0 Å². The molecule has 0 amide bonds. The third kappa shape index (κ3) is 3.63. The Kier molecular flexibility index (Phi) is 5.26. The normalized spacial score (nSPS) is 26.7. The number of ether oxygens (including phenoxy) is 2. The van der Waals surface area contributed by atoms with Crippen LogP contribution in [0.1, 0.15) is 37.4 Å². The zero-order valence-electron chi connectivity index (χ0n) is 11.9. The van der Waals surface area contributed by atoms with Gasteiger partial charge in [0, 0.05) is 27.9 Å². The van der Waals surface area contributed by atoms with Crippen molar-refractivity contribution in [3.05, 3.63) is 31.8 Å². The van der Waals surface area contributed by atoms with Crippen molar-refractivity contribution < 1.29 is 14.6 Å². The molecule has 2 fully saturated rings. The molecule has 2 heterocycles. The van der Waals surface area contributed by atoms with E-state index in [1.807, 2.05) is 12.1 Å². The van der Waals surface area contributed by atoms with Gasteiger partial charge in [-0.05, 0) is 78.0 Å². The van der Waals surface area contributed by atoms with E-state index in [9.17, 15) is 5.11 Å². The summed E-state index contributed by atoms with van der Waals surface area (Å²) in [5, 5.41) is 10.8. The second-order valence-corrected chi connectivity index (χ2v) is 8.11. The molecule has 116 valence electrons. The molecule has 1 aromatic carbocycles. The summed E-state index contributed by atoms with van der Waals surface area (Å²) in [6.45, 7) is 2.29. The topological polar surface area (TPSA) is 38.7 Å². The highest BCUT2D eigenvalue weighted by molar-refractivity contribution is 14.1. The van der Waals surface area contributed by atoms with Gasteiger partial charge in [-0.25, -0.2) is 0 Å². The molecule has 3 rings (SSSR count). The minimum atomic E-state index is -0.433. The number of hydrogen-bond acceptors (Lipinski definition) is 3. The predicted octanol–water partition coefficient (Wildman–Crippen LogP) is 4.06. The van der Waals surface area contributed by atoms with Crippen molar-refractivity contribution in [2.75, 3.05) is 19.8 Å². The van der Waals surface area contributed by atoms with Crippen molar-refractivity contribution in [3.63, 3.8) is 0 Å². The molecule has 0 aliphatic carbocycles. The predicted molar refractivity (Wildman–Crippen MR) is 93.3 cm³/mol. The van der Waals surface area contributed by atoms with Crippen molar-refractivity contribution in [2.45, 2.75) is 37.4 Å². The minimum absolute atomic E-state index is 0.0729. The van der Waals surface area contributed by atoms with E-state index in [1.54, 1.807) is 0 Å². The highest BCUT2D eigenvalue weighted by Gasteiger charge is 2.41. The van der Waals surface area contributed by atoms with Crippen LogP contribution in [-0.2, 0) is 9.47 Å². The number of rotatable bonds is 2. The van der Waals surface area contributed by atoms with Gasteiger partial charge in [-0.1, -0.05) is 15.9 Å². The second-order valence-electron chi connectivity index (χ2n) is 6.01. The fourth-order valence-corrected chi connectivity index (χ4v) is 4.42. The van der Waals surface area contributed by atoms with Gasteiger partial charge in [-0.15, -0.1) is 0 Å². The Labute approximate surface area is 147 Å². The zero-order valence-corrected chi connectivity index (χ0v) is 15.6. The van der Waals surface area contributed by atoms with Crippen molar-refractivity contribution in [3.8, 4) is 0 Å². The highest BCUT2D eigenvalue weighted by Crippen LogP contribution is 2.43. The highest BCUT2D eigenvalue weighted by atomic mass is 127. The van der Waals surface area contributed by atoms with Crippen molar-refractivity contribution in [1.29, 1.82) is 0 Å². The summed E-state index contributed by atoms with van der Waals surface area (Å²) in [7, 11) is 0. The molecule has 0 bridgehead atoms. The van der Waals surface area contributed by atoms with Gasteiger partial charge in [0.25, 0.3) is 0 Å². The molecule has 1 N–H and O–H groups in total. The Morgan fingerprint density at radius 2 is 2.05 bits per heavy atom. The minimum Gasteiger partial charge on any atom is -0.388 e. The SMILES string of the molecule is OC(c1cc(I)ccc1Br)C1CCOC2(CCOCC2)C1. The first-order chi connectivity index (χ1) is 10.1. The fraction of sp³-hybridized carbons (Fsp3) is 0.625. The fourth-order valence-electron chi connectivity index (χ4n) is 3.42. The van der Waals surface area contributed by atoms with Gasteiger partial charge in [0.2, 0.25) is 0 Å². The van der Waals surface area contributed by atoms with Crippen LogP contribution in [0, 0.1) is 9.49 Å². The van der Waals surface area contributed by atoms with Gasteiger partial charge in [0.15, 0.2) is 0 Å². The molecular weight excluding hydrogens is 447 g/mol. The molecular formula is C16H20BrIO3. The van der Waals surface area contributed by atoms with Crippen LogP contribution in [-0.4, -0.2) is 30.5 Å². The molecule has 0 radical (unpaired) electrons. The van der Waals surface area contributed by atoms with E-state index in [1.165, 1.54) is 0 Å². The summed E-state index contributed by atoms with van der Waals surface area (Å²) in [6, 6.07) is 6.14. The zero-order chi connectivity index (χ0) is 14.9. The number of halogens is 2. The van der Waals surface area contributed by atoms with Gasteiger partial charge < -0.3 is 14.6 Å². The third-order valence-corrected chi connectivity index (χ3v) is 6.05. The average molecular weight is 467 g/mol. The summed E-state index contributed by atoms with van der Waals surface area (Å²) in [6.07, 6.45) is 3.31. The van der Waals surface area contributed by atoms with E-state index in [2.05, 4.69) is 44.6 Å². The number of aliphatic hydroxyl groups excluding tert-OH is 1. The van der Waals surface area contributed by atoms with Crippen LogP contribution in [0.25, 0.3) is 0 Å². The first-order valence-electron chi connectivity index (χ1n) is 7.44. The van der Waals surface area contributed by atoms with E-state index in [-0.39, 0.29) is 11.5 Å². The lowest BCUT2D eigenvalue weighted by Crippen LogP contribution is -2.45. The maximum atomic E-state index is 10.8. The molecule has 1 spiro atoms. The largest absolute Gasteiger partial charge is 0.388 e. The molecule has 2 aliphatic rings. The Morgan fingerprint density at radius 3 is 2.81 bits per heavy atom. The van der Waals surface area contributed by atoms with E-state index < -0.39 is 6.10 Å². The first kappa shape index (κ1) is 16.2. The van der Waals surface area contributed by atoms with Gasteiger partial charge in [-0.2, -0.15) is 0 Å². The summed E-state index contributed by atoms with van der Waals surface area (Å²) in [5.74, 6) is 0.256. The summed E-state index contributed by atoms with van der Waals surface area (Å²) >= 11 is 5.86. The maximum Gasteiger partial charge on any atom is 0.0831 e. The lowest BCUT2D eigenvalue weighted by atomic mass is 9.77. The van der Waals surface area contributed by atoms with Crippen LogP contribution in [0.15, 0.2) is 22.7 Å². The van der Waals surface area contributed by atoms with Crippen LogP contribution in [0.2, 0.25) is 0 Å². The number of hydrogen-bond donors (Lipinski definition) is 1. The Bertz CT molecular complexity index is 497. The first-order valence-corrected chi connectivity index (χ1v) is 9.32. The number of aliphatic hydroxyl groups is 1. The summed E-state index contributed by atoms with van der Waals surface area (Å²) < 4.78 is 13.7. The van der Waals surface area contributed by atoms with Gasteiger partial charge in [0.1, 0.15) is 0 Å². The Morgan fingerprint density at radius 1 is 1.29 bits per heavy atom. The molecule has 2 saturated heterocycles. The smallest absolute Gasteiger partial charge is 0.0831 e. The molecule has 0 saturated carbocycles. The summed E-state index contributed by atoms with van der Waals surface area (Å²) in [5.41, 5.74) is 0.923. The average Bonchev–Trinajstić information content (AvgIpc) is 2.50. The van der Waals surface area contributed by atoms with E-state index in [0.29, 0.717) is 0 Å². The van der Waals surface area contributed by atoms with Gasteiger partial charge in [0.05, 0.1) is 11.7 Å². The molecule has 2 aliphatic heterocycles. The van der Waals surface area contributed by atoms with Crippen LogP contribution in [0.4, 0.5) is 0 Å². The second kappa shape index (κ2) is 6.83. The number of benzene rings is 1. The van der Waals surface area contributed by atoms with E-state index in [4.69, 9.17) is 9.47 Å². The lowest BCUT2D eigenvalue weighted by Gasteiger charge is -2.44. The molecule has 2 unspecified atom stereocenters. The maximum absolute atomic E-state index is 10.8. The lowest BCUT2D eigenvalue weighted by molar-refractivity contribution is -0.159. The Balaban J connectivity index is 1.77. The molecule has 5 heteroatoms. The van der Waals surface area contributed by atoms with Crippen LogP contribution in [0.5, 0.6) is 0 Å². The molecule has 1 aromatic rings. The molecule has 21 heavy (non-hydrogen) atoms. The van der Waals surface area contributed by atoms with Crippen LogP contribution in [0.3, 0.4) is 0 Å². The third-order valence-electron chi connectivity index (χ3n) is 4.66. The van der Waals surface area contributed by atoms with Crippen molar-refractivity contribution in [1.82, 2.24) is 0 Å². The van der Waals surface area contributed by atoms with Crippen molar-refractivity contribution in [2.24, 2.45) is 5.92 Å². The van der Waals surface area contributed by atoms with E-state index in [0.717, 1.165) is 59.1 Å². The molecule has 0 aromatic heterocycles. The van der Waals surface area contributed by atoms with Crippen molar-refractivity contribution >= 4 is 38.5 Å². The molecule has 3 nitrogen and oxygen atoms in total. The molecule has 2 atom stereocenters. The quantitative estimate of drug-likeness (QED) is 0.668. The van der Waals surface area contributed by atoms with Gasteiger partial charge in [-0.3, -0.25) is 0 Å². The Hall–Kier alpha value is 0.310. The van der Waals surface area contributed by atoms with Crippen LogP contribution >= 0.6 is 38.5 Å². The van der Waals surface area contributed by atoms with E-state index >= 15 is 0 Å². The monoisotopic (exact) mass is 466 g/mol. The van der Waals surface area contributed by atoms with Gasteiger partial charge >= 0.3 is 0 Å².